The van der Waals surface area contributed by atoms with Crippen LogP contribution in [0.25, 0.3) is 0 Å². The summed E-state index contributed by atoms with van der Waals surface area (Å²) in [5.41, 5.74) is 7.27. The van der Waals surface area contributed by atoms with E-state index in [-0.39, 0.29) is 6.04 Å². The Morgan fingerprint density at radius 3 is 2.88 bits per heavy atom. The number of nitrogens with two attached hydrogens (primary N) is 1. The van der Waals surface area contributed by atoms with Gasteiger partial charge in [0.05, 0.1) is 25.0 Å². The lowest BCUT2D eigenvalue weighted by molar-refractivity contribution is 0.392. The minimum absolute atomic E-state index is 0.0399. The van der Waals surface area contributed by atoms with Crippen LogP contribution in [0, 0.1) is 5.92 Å². The highest BCUT2D eigenvalue weighted by molar-refractivity contribution is 5.27. The molecule has 1 heterocycles. The monoisotopic (exact) mass is 237 g/mol. The molecule has 1 aliphatic rings. The molecule has 17 heavy (non-hydrogen) atoms. The van der Waals surface area contributed by atoms with E-state index in [2.05, 4.69) is 5.10 Å². The van der Waals surface area contributed by atoms with Crippen LogP contribution in [0.15, 0.2) is 6.20 Å². The number of nitrogens with zero attached hydrogens (tertiary/aromatic N) is 2. The van der Waals surface area contributed by atoms with Crippen molar-refractivity contribution < 1.29 is 4.74 Å². The Labute approximate surface area is 103 Å². The quantitative estimate of drug-likeness (QED) is 0.855. The average Bonchev–Trinajstić information content (AvgIpc) is 2.94. The fourth-order valence-electron chi connectivity index (χ4n) is 2.86. The van der Waals surface area contributed by atoms with E-state index in [1.54, 1.807) is 13.3 Å². The molecular formula is C13H23N3O. The predicted molar refractivity (Wildman–Crippen MR) is 67.9 cm³/mol. The van der Waals surface area contributed by atoms with Crippen molar-refractivity contribution in [1.82, 2.24) is 9.78 Å². The molecule has 2 N–H and O–H groups in total. The number of aryl methyl sites for hydroxylation is 1. The van der Waals surface area contributed by atoms with Crippen LogP contribution in [-0.2, 0) is 7.05 Å². The van der Waals surface area contributed by atoms with Gasteiger partial charge in [-0.25, -0.2) is 0 Å². The maximum atomic E-state index is 6.25. The van der Waals surface area contributed by atoms with E-state index in [9.17, 15) is 0 Å². The first kappa shape index (κ1) is 12.4. The minimum atomic E-state index is 0.0399. The molecule has 4 nitrogen and oxygen atoms in total. The second-order valence-corrected chi connectivity index (χ2v) is 5.06. The van der Waals surface area contributed by atoms with Gasteiger partial charge in [0.1, 0.15) is 0 Å². The smallest absolute Gasteiger partial charge is 0.161 e. The van der Waals surface area contributed by atoms with Crippen molar-refractivity contribution in [3.05, 3.63) is 11.9 Å². The molecule has 2 rings (SSSR count). The number of rotatable bonds is 5. The van der Waals surface area contributed by atoms with Crippen molar-refractivity contribution in [3.63, 3.8) is 0 Å². The molecule has 1 atom stereocenters. The number of methoxy groups -OCH3 is 1. The molecule has 0 aromatic carbocycles. The van der Waals surface area contributed by atoms with E-state index in [0.29, 0.717) is 0 Å². The fourth-order valence-corrected chi connectivity index (χ4v) is 2.86. The molecule has 0 saturated heterocycles. The fraction of sp³-hybridized carbons (Fsp3) is 0.769. The van der Waals surface area contributed by atoms with Crippen LogP contribution in [0.4, 0.5) is 0 Å². The summed E-state index contributed by atoms with van der Waals surface area (Å²) in [7, 11) is 3.59. The molecule has 1 aromatic heterocycles. The predicted octanol–water partition coefficient (Wildman–Crippen LogP) is 2.40. The zero-order valence-corrected chi connectivity index (χ0v) is 10.9. The molecule has 1 fully saturated rings. The maximum absolute atomic E-state index is 6.25. The van der Waals surface area contributed by atoms with Crippen LogP contribution >= 0.6 is 0 Å². The topological polar surface area (TPSA) is 53.1 Å². The highest BCUT2D eigenvalue weighted by Crippen LogP contribution is 2.32. The van der Waals surface area contributed by atoms with Gasteiger partial charge in [-0.1, -0.05) is 25.7 Å². The van der Waals surface area contributed by atoms with E-state index in [4.69, 9.17) is 10.5 Å². The molecule has 1 unspecified atom stereocenters. The summed E-state index contributed by atoms with van der Waals surface area (Å²) in [4.78, 5) is 0. The van der Waals surface area contributed by atoms with E-state index in [1.165, 1.54) is 32.1 Å². The molecule has 0 amide bonds. The first-order valence-corrected chi connectivity index (χ1v) is 6.54. The van der Waals surface area contributed by atoms with Crippen LogP contribution in [0.2, 0.25) is 0 Å². The van der Waals surface area contributed by atoms with Gasteiger partial charge in [-0.2, -0.15) is 5.10 Å². The van der Waals surface area contributed by atoms with E-state index in [1.807, 2.05) is 11.7 Å². The van der Waals surface area contributed by atoms with Crippen molar-refractivity contribution in [2.24, 2.45) is 18.7 Å². The number of hydrogen-bond donors (Lipinski definition) is 1. The lowest BCUT2D eigenvalue weighted by atomic mass is 9.97. The Morgan fingerprint density at radius 2 is 2.24 bits per heavy atom. The maximum Gasteiger partial charge on any atom is 0.161 e. The Balaban J connectivity index is 1.93. The largest absolute Gasteiger partial charge is 0.493 e. The molecule has 0 aliphatic heterocycles. The summed E-state index contributed by atoms with van der Waals surface area (Å²) in [5.74, 6) is 1.70. The number of hydrogen-bond acceptors (Lipinski definition) is 3. The molecule has 0 radical (unpaired) electrons. The average molecular weight is 237 g/mol. The van der Waals surface area contributed by atoms with Crippen molar-refractivity contribution in [1.29, 1.82) is 0 Å². The van der Waals surface area contributed by atoms with Gasteiger partial charge in [-0.15, -0.1) is 0 Å². The zero-order chi connectivity index (χ0) is 12.3. The summed E-state index contributed by atoms with van der Waals surface area (Å²) in [6.07, 6.45) is 9.56. The van der Waals surface area contributed by atoms with E-state index < -0.39 is 0 Å². The third-order valence-electron chi connectivity index (χ3n) is 3.88. The lowest BCUT2D eigenvalue weighted by Crippen LogP contribution is -2.16. The molecule has 1 aromatic rings. The Hall–Kier alpha value is -1.03. The minimum Gasteiger partial charge on any atom is -0.493 e. The first-order chi connectivity index (χ1) is 8.22. The third kappa shape index (κ3) is 2.80. The lowest BCUT2D eigenvalue weighted by Gasteiger charge is -2.16. The summed E-state index contributed by atoms with van der Waals surface area (Å²) in [6, 6.07) is 0.0399. The van der Waals surface area contributed by atoms with E-state index in [0.717, 1.165) is 23.8 Å². The van der Waals surface area contributed by atoms with Gasteiger partial charge in [-0.3, -0.25) is 4.68 Å². The number of aromatic nitrogens is 2. The molecule has 1 aliphatic carbocycles. The molecular weight excluding hydrogens is 214 g/mol. The van der Waals surface area contributed by atoms with Crippen LogP contribution in [-0.4, -0.2) is 16.9 Å². The standard InChI is InChI=1S/C13H23N3O/c1-16-13(12(17-2)9-15-16)11(14)8-7-10-5-3-4-6-10/h9-11H,3-8,14H2,1-2H3. The van der Waals surface area contributed by atoms with Gasteiger partial charge in [-0.05, 0) is 18.8 Å². The van der Waals surface area contributed by atoms with Crippen LogP contribution < -0.4 is 10.5 Å². The van der Waals surface area contributed by atoms with Crippen molar-refractivity contribution >= 4 is 0 Å². The van der Waals surface area contributed by atoms with Crippen LogP contribution in [0.3, 0.4) is 0 Å². The van der Waals surface area contributed by atoms with Gasteiger partial charge in [0.25, 0.3) is 0 Å². The SMILES string of the molecule is COc1cnn(C)c1C(N)CCC1CCCC1. The second kappa shape index (κ2) is 5.54. The Kier molecular flexibility index (Phi) is 4.05. The van der Waals surface area contributed by atoms with Crippen molar-refractivity contribution in [2.45, 2.75) is 44.6 Å². The zero-order valence-electron chi connectivity index (χ0n) is 10.9. The molecule has 0 bridgehead atoms. The van der Waals surface area contributed by atoms with Gasteiger partial charge >= 0.3 is 0 Å². The summed E-state index contributed by atoms with van der Waals surface area (Å²) >= 11 is 0. The highest BCUT2D eigenvalue weighted by Gasteiger charge is 2.20. The molecule has 96 valence electrons. The number of ether oxygens (including phenoxy) is 1. The van der Waals surface area contributed by atoms with Crippen LogP contribution in [0.5, 0.6) is 5.75 Å². The first-order valence-electron chi connectivity index (χ1n) is 6.54. The Morgan fingerprint density at radius 1 is 1.53 bits per heavy atom. The van der Waals surface area contributed by atoms with Crippen molar-refractivity contribution in [2.75, 3.05) is 7.11 Å². The molecule has 0 spiro atoms. The van der Waals surface area contributed by atoms with Crippen LogP contribution in [0.1, 0.15) is 50.3 Å². The van der Waals surface area contributed by atoms with Crippen molar-refractivity contribution in [3.8, 4) is 5.75 Å². The third-order valence-corrected chi connectivity index (χ3v) is 3.88. The van der Waals surface area contributed by atoms with Gasteiger partial charge in [0.15, 0.2) is 5.75 Å². The molecule has 4 heteroatoms. The second-order valence-electron chi connectivity index (χ2n) is 5.06. The summed E-state index contributed by atoms with van der Waals surface area (Å²) in [6.45, 7) is 0. The van der Waals surface area contributed by atoms with Gasteiger partial charge < -0.3 is 10.5 Å². The van der Waals surface area contributed by atoms with Gasteiger partial charge in [0.2, 0.25) is 0 Å². The highest BCUT2D eigenvalue weighted by atomic mass is 16.5. The van der Waals surface area contributed by atoms with E-state index >= 15 is 0 Å². The summed E-state index contributed by atoms with van der Waals surface area (Å²) in [5, 5.41) is 4.20. The summed E-state index contributed by atoms with van der Waals surface area (Å²) < 4.78 is 7.13. The molecule has 1 saturated carbocycles. The normalized spacial score (nSPS) is 18.5. The Bertz CT molecular complexity index is 356. The van der Waals surface area contributed by atoms with Gasteiger partial charge in [0, 0.05) is 7.05 Å².